The summed E-state index contributed by atoms with van der Waals surface area (Å²) in [6, 6.07) is 3.52. The first-order chi connectivity index (χ1) is 10.6. The Morgan fingerprint density at radius 2 is 2.32 bits per heavy atom. The van der Waals surface area contributed by atoms with Crippen molar-refractivity contribution in [3.05, 3.63) is 46.0 Å². The smallest absolute Gasteiger partial charge is 0.270 e. The number of nitrogens with zero attached hydrogens (tertiary/aromatic N) is 2. The number of pyridine rings is 1. The molecule has 2 aromatic heterocycles. The quantitative estimate of drug-likeness (QED) is 0.859. The van der Waals surface area contributed by atoms with Gasteiger partial charge >= 0.3 is 0 Å². The lowest BCUT2D eigenvalue weighted by Crippen LogP contribution is -2.40. The van der Waals surface area contributed by atoms with Crippen LogP contribution in [0.1, 0.15) is 35.2 Å². The van der Waals surface area contributed by atoms with Gasteiger partial charge in [-0.15, -0.1) is 0 Å². The number of rotatable bonds is 5. The molecule has 0 radical (unpaired) electrons. The lowest BCUT2D eigenvalue weighted by atomic mass is 10.1. The zero-order chi connectivity index (χ0) is 15.7. The van der Waals surface area contributed by atoms with Crippen LogP contribution < -0.4 is 10.9 Å². The highest BCUT2D eigenvalue weighted by Crippen LogP contribution is 2.33. The fourth-order valence-electron chi connectivity index (χ4n) is 2.64. The van der Waals surface area contributed by atoms with Gasteiger partial charge in [0.05, 0.1) is 0 Å². The molecule has 3 rings (SSSR count). The van der Waals surface area contributed by atoms with Gasteiger partial charge in [0, 0.05) is 25.0 Å². The Morgan fingerprint density at radius 3 is 3.00 bits per heavy atom. The summed E-state index contributed by atoms with van der Waals surface area (Å²) in [5.41, 5.74) is 1.18. The first-order valence-corrected chi connectivity index (χ1v) is 7.50. The Balaban J connectivity index is 1.89. The molecule has 0 bridgehead atoms. The van der Waals surface area contributed by atoms with E-state index in [0.29, 0.717) is 18.0 Å². The Hall–Kier alpha value is -2.21. The van der Waals surface area contributed by atoms with E-state index in [9.17, 15) is 9.59 Å². The predicted molar refractivity (Wildman–Crippen MR) is 81.9 cm³/mol. The van der Waals surface area contributed by atoms with E-state index in [1.54, 1.807) is 18.3 Å². The summed E-state index contributed by atoms with van der Waals surface area (Å²) in [7, 11) is 0. The third-order valence-electron chi connectivity index (χ3n) is 4.06. The number of hydrogen-bond acceptors (Lipinski definition) is 4. The molecule has 1 amide bonds. The third kappa shape index (κ3) is 2.87. The molecule has 1 aliphatic rings. The molecular weight excluding hydrogens is 282 g/mol. The van der Waals surface area contributed by atoms with Crippen LogP contribution in [0.25, 0.3) is 5.65 Å². The van der Waals surface area contributed by atoms with E-state index >= 15 is 0 Å². The molecule has 2 aromatic rings. The predicted octanol–water partition coefficient (Wildman–Crippen LogP) is 0.894. The molecule has 0 aliphatic heterocycles. The fraction of sp³-hybridized carbons (Fsp3) is 0.438. The molecule has 22 heavy (non-hydrogen) atoms. The van der Waals surface area contributed by atoms with E-state index in [4.69, 9.17) is 5.11 Å². The maximum absolute atomic E-state index is 12.4. The molecule has 2 heterocycles. The summed E-state index contributed by atoms with van der Waals surface area (Å²) in [4.78, 5) is 29.0. The topological polar surface area (TPSA) is 83.7 Å². The van der Waals surface area contributed by atoms with Crippen LogP contribution in [0.15, 0.2) is 29.3 Å². The van der Waals surface area contributed by atoms with Crippen LogP contribution in [0, 0.1) is 12.8 Å². The molecule has 6 heteroatoms. The SMILES string of the molecule is Cc1ccn2c(=O)c(C(=O)NC(CCO)C3CC3)cnc2c1. The monoisotopic (exact) mass is 301 g/mol. The minimum Gasteiger partial charge on any atom is -0.396 e. The summed E-state index contributed by atoms with van der Waals surface area (Å²) >= 11 is 0. The van der Waals surface area contributed by atoms with E-state index in [2.05, 4.69) is 10.3 Å². The third-order valence-corrected chi connectivity index (χ3v) is 4.06. The summed E-state index contributed by atoms with van der Waals surface area (Å²) in [6.45, 7) is 1.94. The van der Waals surface area contributed by atoms with Crippen LogP contribution in [0.2, 0.25) is 0 Å². The number of aliphatic hydroxyl groups is 1. The second kappa shape index (κ2) is 5.88. The van der Waals surface area contributed by atoms with Gasteiger partial charge in [-0.2, -0.15) is 0 Å². The van der Waals surface area contributed by atoms with Crippen molar-refractivity contribution in [1.29, 1.82) is 0 Å². The Labute approximate surface area is 127 Å². The summed E-state index contributed by atoms with van der Waals surface area (Å²) < 4.78 is 1.38. The summed E-state index contributed by atoms with van der Waals surface area (Å²) in [6.07, 6.45) is 5.58. The van der Waals surface area contributed by atoms with E-state index < -0.39 is 5.91 Å². The van der Waals surface area contributed by atoms with Crippen molar-refractivity contribution >= 4 is 11.6 Å². The van der Waals surface area contributed by atoms with Gasteiger partial charge < -0.3 is 10.4 Å². The zero-order valence-electron chi connectivity index (χ0n) is 12.5. The van der Waals surface area contributed by atoms with Gasteiger partial charge in [0.2, 0.25) is 0 Å². The zero-order valence-corrected chi connectivity index (χ0v) is 12.5. The molecule has 116 valence electrons. The Kier molecular flexibility index (Phi) is 3.94. The molecular formula is C16H19N3O3. The molecule has 1 fully saturated rings. The Bertz CT molecular complexity index is 765. The number of amides is 1. The van der Waals surface area contributed by atoms with Gasteiger partial charge in [-0.1, -0.05) is 0 Å². The maximum atomic E-state index is 12.4. The number of aromatic nitrogens is 2. The number of carbonyl (C=O) groups excluding carboxylic acids is 1. The van der Waals surface area contributed by atoms with Crippen molar-refractivity contribution in [3.63, 3.8) is 0 Å². The average Bonchev–Trinajstić information content (AvgIpc) is 3.31. The number of fused-ring (bicyclic) bond motifs is 1. The van der Waals surface area contributed by atoms with E-state index in [-0.39, 0.29) is 23.8 Å². The molecule has 0 saturated heterocycles. The highest BCUT2D eigenvalue weighted by Gasteiger charge is 2.32. The number of hydrogen-bond donors (Lipinski definition) is 2. The van der Waals surface area contributed by atoms with Crippen LogP contribution in [-0.2, 0) is 0 Å². The Morgan fingerprint density at radius 1 is 1.55 bits per heavy atom. The van der Waals surface area contributed by atoms with Crippen molar-refractivity contribution in [2.45, 2.75) is 32.2 Å². The van der Waals surface area contributed by atoms with E-state index in [1.165, 1.54) is 10.6 Å². The van der Waals surface area contributed by atoms with E-state index in [0.717, 1.165) is 18.4 Å². The van der Waals surface area contributed by atoms with Crippen molar-refractivity contribution in [3.8, 4) is 0 Å². The molecule has 0 spiro atoms. The second-order valence-corrected chi connectivity index (χ2v) is 5.84. The number of aryl methyl sites for hydroxylation is 1. The van der Waals surface area contributed by atoms with Gasteiger partial charge in [0.1, 0.15) is 11.2 Å². The summed E-state index contributed by atoms with van der Waals surface area (Å²) in [5, 5.41) is 12.0. The second-order valence-electron chi connectivity index (χ2n) is 5.84. The first kappa shape index (κ1) is 14.7. The van der Waals surface area contributed by atoms with Crippen LogP contribution in [0.5, 0.6) is 0 Å². The minimum atomic E-state index is -0.419. The van der Waals surface area contributed by atoms with E-state index in [1.807, 2.05) is 6.92 Å². The van der Waals surface area contributed by atoms with Crippen molar-refractivity contribution in [2.24, 2.45) is 5.92 Å². The minimum absolute atomic E-state index is 0.0235. The normalized spacial score (nSPS) is 15.7. The number of nitrogens with one attached hydrogen (secondary N) is 1. The molecule has 1 unspecified atom stereocenters. The van der Waals surface area contributed by atoms with Crippen LogP contribution in [0.3, 0.4) is 0 Å². The van der Waals surface area contributed by atoms with Crippen molar-refractivity contribution in [2.75, 3.05) is 6.61 Å². The molecule has 1 saturated carbocycles. The van der Waals surface area contributed by atoms with Crippen molar-refractivity contribution in [1.82, 2.24) is 14.7 Å². The lowest BCUT2D eigenvalue weighted by Gasteiger charge is -2.16. The largest absolute Gasteiger partial charge is 0.396 e. The first-order valence-electron chi connectivity index (χ1n) is 7.50. The number of aliphatic hydroxyl groups excluding tert-OH is 1. The van der Waals surface area contributed by atoms with Gasteiger partial charge in [-0.25, -0.2) is 4.98 Å². The van der Waals surface area contributed by atoms with Gasteiger partial charge in [0.25, 0.3) is 11.5 Å². The molecule has 0 aromatic carbocycles. The molecule has 1 aliphatic carbocycles. The molecule has 2 N–H and O–H groups in total. The van der Waals surface area contributed by atoms with Crippen LogP contribution in [-0.4, -0.2) is 33.0 Å². The maximum Gasteiger partial charge on any atom is 0.270 e. The average molecular weight is 301 g/mol. The van der Waals surface area contributed by atoms with Crippen LogP contribution >= 0.6 is 0 Å². The molecule has 1 atom stereocenters. The van der Waals surface area contributed by atoms with Gasteiger partial charge in [-0.3, -0.25) is 14.0 Å². The standard InChI is InChI=1S/C16H19N3O3/c1-10-4-6-19-14(8-10)17-9-12(16(19)22)15(21)18-13(5-7-20)11-2-3-11/h4,6,8-9,11,13,20H,2-3,5,7H2,1H3,(H,18,21). The molecule has 6 nitrogen and oxygen atoms in total. The highest BCUT2D eigenvalue weighted by atomic mass is 16.3. The lowest BCUT2D eigenvalue weighted by molar-refractivity contribution is 0.0922. The summed E-state index contributed by atoms with van der Waals surface area (Å²) in [5.74, 6) is -0.00672. The van der Waals surface area contributed by atoms with Gasteiger partial charge in [-0.05, 0) is 49.8 Å². The van der Waals surface area contributed by atoms with Crippen molar-refractivity contribution < 1.29 is 9.90 Å². The van der Waals surface area contributed by atoms with Crippen LogP contribution in [0.4, 0.5) is 0 Å². The number of carbonyl (C=O) groups is 1. The highest BCUT2D eigenvalue weighted by molar-refractivity contribution is 5.94. The fourth-order valence-corrected chi connectivity index (χ4v) is 2.64. The van der Waals surface area contributed by atoms with Gasteiger partial charge in [0.15, 0.2) is 0 Å².